The highest BCUT2D eigenvalue weighted by atomic mass is 79.9. The van der Waals surface area contributed by atoms with Crippen LogP contribution < -0.4 is 5.32 Å². The fourth-order valence-corrected chi connectivity index (χ4v) is 2.35. The number of hydrogen-bond donors (Lipinski definition) is 2. The van der Waals surface area contributed by atoms with Crippen molar-refractivity contribution in [3.05, 3.63) is 33.5 Å². The van der Waals surface area contributed by atoms with Crippen LogP contribution in [0.5, 0.6) is 0 Å². The van der Waals surface area contributed by atoms with Gasteiger partial charge in [0.05, 0.1) is 9.35 Å². The van der Waals surface area contributed by atoms with Gasteiger partial charge in [0.1, 0.15) is 6.04 Å². The lowest BCUT2D eigenvalue weighted by Crippen LogP contribution is -2.40. The minimum atomic E-state index is -1.03. The summed E-state index contributed by atoms with van der Waals surface area (Å²) in [4.78, 5) is 22.6. The number of hydrogen-bond acceptors (Lipinski definition) is 3. The first-order valence-corrected chi connectivity index (χ1v) is 6.60. The lowest BCUT2D eigenvalue weighted by atomic mass is 10.1. The average molecular weight is 318 g/mol. The summed E-state index contributed by atoms with van der Waals surface area (Å²) in [7, 11) is 0. The Labute approximate surface area is 111 Å². The Morgan fingerprint density at radius 2 is 2.35 bits per heavy atom. The lowest BCUT2D eigenvalue weighted by molar-refractivity contribution is -0.139. The summed E-state index contributed by atoms with van der Waals surface area (Å²) < 4.78 is 0.834. The smallest absolute Gasteiger partial charge is 0.326 e. The van der Waals surface area contributed by atoms with Crippen molar-refractivity contribution in [1.29, 1.82) is 0 Å². The number of thiophene rings is 1. The maximum Gasteiger partial charge on any atom is 0.326 e. The third kappa shape index (κ3) is 4.32. The standard InChI is InChI=1S/C11H12BrNO3S/c1-2-3-4-8(11(15)16)13-10(14)7-5-9(12)17-6-7/h2,5-6,8H,1,3-4H2,(H,13,14)(H,15,16). The highest BCUT2D eigenvalue weighted by molar-refractivity contribution is 9.11. The third-order valence-corrected chi connectivity index (χ3v) is 3.60. The highest BCUT2D eigenvalue weighted by Crippen LogP contribution is 2.20. The number of carbonyl (C=O) groups is 2. The van der Waals surface area contributed by atoms with Crippen molar-refractivity contribution in [2.24, 2.45) is 0 Å². The first-order valence-electron chi connectivity index (χ1n) is 4.93. The summed E-state index contributed by atoms with van der Waals surface area (Å²) in [5, 5.41) is 13.1. The molecule has 0 spiro atoms. The van der Waals surface area contributed by atoms with E-state index >= 15 is 0 Å². The molecule has 1 aromatic heterocycles. The molecule has 92 valence electrons. The molecule has 0 aliphatic rings. The zero-order chi connectivity index (χ0) is 12.8. The monoisotopic (exact) mass is 317 g/mol. The van der Waals surface area contributed by atoms with E-state index in [9.17, 15) is 9.59 Å². The van der Waals surface area contributed by atoms with Crippen molar-refractivity contribution >= 4 is 39.1 Å². The Morgan fingerprint density at radius 3 is 2.82 bits per heavy atom. The first-order chi connectivity index (χ1) is 8.04. The van der Waals surface area contributed by atoms with E-state index in [1.165, 1.54) is 11.3 Å². The molecule has 0 radical (unpaired) electrons. The van der Waals surface area contributed by atoms with Crippen LogP contribution in [0.2, 0.25) is 0 Å². The molecule has 0 saturated heterocycles. The van der Waals surface area contributed by atoms with E-state index in [1.807, 2.05) is 0 Å². The van der Waals surface area contributed by atoms with E-state index in [2.05, 4.69) is 27.8 Å². The van der Waals surface area contributed by atoms with Crippen molar-refractivity contribution < 1.29 is 14.7 Å². The Hall–Kier alpha value is -1.14. The van der Waals surface area contributed by atoms with Gasteiger partial charge in [0.25, 0.3) is 5.91 Å². The van der Waals surface area contributed by atoms with Crippen molar-refractivity contribution in [3.63, 3.8) is 0 Å². The van der Waals surface area contributed by atoms with Gasteiger partial charge in [-0.2, -0.15) is 0 Å². The van der Waals surface area contributed by atoms with Gasteiger partial charge in [-0.05, 0) is 34.8 Å². The minimum absolute atomic E-state index is 0.343. The van der Waals surface area contributed by atoms with Crippen LogP contribution in [-0.4, -0.2) is 23.0 Å². The highest BCUT2D eigenvalue weighted by Gasteiger charge is 2.20. The molecule has 1 rings (SSSR count). The quantitative estimate of drug-likeness (QED) is 0.793. The molecule has 4 nitrogen and oxygen atoms in total. The second-order valence-electron chi connectivity index (χ2n) is 3.37. The van der Waals surface area contributed by atoms with E-state index in [0.29, 0.717) is 18.4 Å². The van der Waals surface area contributed by atoms with Gasteiger partial charge in [0.15, 0.2) is 0 Å². The van der Waals surface area contributed by atoms with E-state index in [-0.39, 0.29) is 5.91 Å². The molecule has 2 N–H and O–H groups in total. The molecule has 1 heterocycles. The fraction of sp³-hybridized carbons (Fsp3) is 0.273. The molecule has 1 aromatic rings. The molecule has 1 amide bonds. The van der Waals surface area contributed by atoms with Crippen molar-refractivity contribution in [2.45, 2.75) is 18.9 Å². The van der Waals surface area contributed by atoms with Crippen LogP contribution in [0.1, 0.15) is 23.2 Å². The Bertz CT molecular complexity index is 430. The van der Waals surface area contributed by atoms with Crippen molar-refractivity contribution in [2.75, 3.05) is 0 Å². The van der Waals surface area contributed by atoms with Gasteiger partial charge in [-0.1, -0.05) is 6.08 Å². The summed E-state index contributed by atoms with van der Waals surface area (Å²) >= 11 is 4.62. The van der Waals surface area contributed by atoms with Crippen LogP contribution in [0.25, 0.3) is 0 Å². The second-order valence-corrected chi connectivity index (χ2v) is 5.66. The van der Waals surface area contributed by atoms with Gasteiger partial charge >= 0.3 is 5.97 Å². The predicted octanol–water partition coefficient (Wildman–Crippen LogP) is 2.66. The van der Waals surface area contributed by atoms with Gasteiger partial charge in [0, 0.05) is 5.38 Å². The molecule has 0 fully saturated rings. The Balaban J connectivity index is 2.63. The number of carboxylic acids is 1. The zero-order valence-corrected chi connectivity index (χ0v) is 11.4. The van der Waals surface area contributed by atoms with Crippen LogP contribution >= 0.6 is 27.3 Å². The second kappa shape index (κ2) is 6.56. The van der Waals surface area contributed by atoms with Crippen LogP contribution in [0, 0.1) is 0 Å². The number of halogens is 1. The maximum atomic E-state index is 11.7. The molecule has 0 aliphatic carbocycles. The molecule has 1 atom stereocenters. The molecule has 0 saturated carbocycles. The van der Waals surface area contributed by atoms with Gasteiger partial charge in [-0.15, -0.1) is 17.9 Å². The predicted molar refractivity (Wildman–Crippen MR) is 70.3 cm³/mol. The van der Waals surface area contributed by atoms with E-state index in [4.69, 9.17) is 5.11 Å². The van der Waals surface area contributed by atoms with E-state index in [0.717, 1.165) is 3.79 Å². The van der Waals surface area contributed by atoms with Gasteiger partial charge in [-0.3, -0.25) is 4.79 Å². The summed E-state index contributed by atoms with van der Waals surface area (Å²) in [6.45, 7) is 3.52. The number of aliphatic carboxylic acids is 1. The number of amides is 1. The fourth-order valence-electron chi connectivity index (χ4n) is 1.21. The molecule has 6 heteroatoms. The Morgan fingerprint density at radius 1 is 1.65 bits per heavy atom. The zero-order valence-electron chi connectivity index (χ0n) is 8.98. The summed E-state index contributed by atoms with van der Waals surface area (Å²) in [6.07, 6.45) is 2.52. The third-order valence-electron chi connectivity index (χ3n) is 2.09. The van der Waals surface area contributed by atoms with Crippen LogP contribution in [0.15, 0.2) is 27.9 Å². The average Bonchev–Trinajstić information content (AvgIpc) is 2.70. The van der Waals surface area contributed by atoms with Crippen LogP contribution in [0.4, 0.5) is 0 Å². The SMILES string of the molecule is C=CCCC(NC(=O)c1csc(Br)c1)C(=O)O. The molecular formula is C11H12BrNO3S. The minimum Gasteiger partial charge on any atom is -0.480 e. The topological polar surface area (TPSA) is 66.4 Å². The van der Waals surface area contributed by atoms with Gasteiger partial charge < -0.3 is 10.4 Å². The van der Waals surface area contributed by atoms with E-state index < -0.39 is 12.0 Å². The molecule has 1 unspecified atom stereocenters. The summed E-state index contributed by atoms with van der Waals surface area (Å²) in [6, 6.07) is 0.783. The van der Waals surface area contributed by atoms with E-state index in [1.54, 1.807) is 17.5 Å². The number of allylic oxidation sites excluding steroid dienone is 1. The first kappa shape index (κ1) is 13.9. The van der Waals surface area contributed by atoms with Crippen molar-refractivity contribution in [1.82, 2.24) is 5.32 Å². The lowest BCUT2D eigenvalue weighted by Gasteiger charge is -2.12. The molecule has 0 aromatic carbocycles. The van der Waals surface area contributed by atoms with Crippen LogP contribution in [0.3, 0.4) is 0 Å². The summed E-state index contributed by atoms with van der Waals surface area (Å²) in [5.74, 6) is -1.40. The molecule has 17 heavy (non-hydrogen) atoms. The number of rotatable bonds is 6. The Kier molecular flexibility index (Phi) is 5.37. The van der Waals surface area contributed by atoms with Crippen LogP contribution in [-0.2, 0) is 4.79 Å². The van der Waals surface area contributed by atoms with Gasteiger partial charge in [-0.25, -0.2) is 4.79 Å². The van der Waals surface area contributed by atoms with Gasteiger partial charge in [0.2, 0.25) is 0 Å². The normalized spacial score (nSPS) is 11.8. The number of carboxylic acid groups (broad SMARTS) is 1. The number of carbonyl (C=O) groups excluding carboxylic acids is 1. The van der Waals surface area contributed by atoms with Crippen molar-refractivity contribution in [3.8, 4) is 0 Å². The molecule has 0 bridgehead atoms. The maximum absolute atomic E-state index is 11.7. The largest absolute Gasteiger partial charge is 0.480 e. The summed E-state index contributed by atoms with van der Waals surface area (Å²) in [5.41, 5.74) is 0.465. The number of nitrogens with one attached hydrogen (secondary N) is 1. The molecular weight excluding hydrogens is 306 g/mol. The molecule has 0 aliphatic heterocycles.